The van der Waals surface area contributed by atoms with Crippen LogP contribution in [0.5, 0.6) is 0 Å². The van der Waals surface area contributed by atoms with Crippen molar-refractivity contribution >= 4 is 27.6 Å². The second-order valence-corrected chi connectivity index (χ2v) is 7.59. The van der Waals surface area contributed by atoms with Crippen molar-refractivity contribution in [2.45, 2.75) is 45.6 Å². The first-order valence-electron chi connectivity index (χ1n) is 7.02. The molecule has 20 heavy (non-hydrogen) atoms. The lowest BCUT2D eigenvalue weighted by molar-refractivity contribution is -0.146. The molecule has 4 heteroatoms. The lowest BCUT2D eigenvalue weighted by atomic mass is 9.63. The van der Waals surface area contributed by atoms with Crippen LogP contribution in [0.1, 0.15) is 40.0 Å². The first-order chi connectivity index (χ1) is 9.25. The largest absolute Gasteiger partial charge is 0.479 e. The number of hydrogen-bond acceptors (Lipinski definition) is 2. The van der Waals surface area contributed by atoms with E-state index in [0.29, 0.717) is 6.42 Å². The van der Waals surface area contributed by atoms with E-state index in [4.69, 9.17) is 0 Å². The van der Waals surface area contributed by atoms with E-state index in [1.807, 2.05) is 31.2 Å². The zero-order valence-electron chi connectivity index (χ0n) is 12.2. The number of carboxylic acid groups (broad SMARTS) is 1. The topological polar surface area (TPSA) is 49.3 Å². The average Bonchev–Trinajstić information content (AvgIpc) is 2.34. The van der Waals surface area contributed by atoms with Crippen LogP contribution in [-0.4, -0.2) is 16.6 Å². The average molecular weight is 340 g/mol. The molecule has 0 heterocycles. The van der Waals surface area contributed by atoms with Gasteiger partial charge in [0.15, 0.2) is 0 Å². The molecule has 0 aliphatic heterocycles. The van der Waals surface area contributed by atoms with Crippen molar-refractivity contribution in [1.29, 1.82) is 0 Å². The minimum absolute atomic E-state index is 0.0902. The molecule has 1 aliphatic carbocycles. The number of rotatable bonds is 3. The smallest absolute Gasteiger partial charge is 0.329 e. The van der Waals surface area contributed by atoms with E-state index in [9.17, 15) is 9.90 Å². The van der Waals surface area contributed by atoms with Crippen molar-refractivity contribution in [2.24, 2.45) is 11.3 Å². The van der Waals surface area contributed by atoms with Crippen LogP contribution in [0.25, 0.3) is 0 Å². The lowest BCUT2D eigenvalue weighted by Crippen LogP contribution is -2.55. The Morgan fingerprint density at radius 2 is 1.90 bits per heavy atom. The Morgan fingerprint density at radius 1 is 1.30 bits per heavy atom. The van der Waals surface area contributed by atoms with Crippen LogP contribution in [0.3, 0.4) is 0 Å². The Labute approximate surface area is 128 Å². The quantitative estimate of drug-likeness (QED) is 0.850. The fourth-order valence-corrected chi connectivity index (χ4v) is 3.50. The van der Waals surface area contributed by atoms with E-state index in [1.54, 1.807) is 0 Å². The molecule has 0 spiro atoms. The third-order valence-electron chi connectivity index (χ3n) is 4.49. The first-order valence-corrected chi connectivity index (χ1v) is 7.82. The van der Waals surface area contributed by atoms with Gasteiger partial charge in [-0.25, -0.2) is 4.79 Å². The van der Waals surface area contributed by atoms with Gasteiger partial charge in [-0.05, 0) is 54.9 Å². The van der Waals surface area contributed by atoms with Crippen molar-refractivity contribution in [3.63, 3.8) is 0 Å². The Balaban J connectivity index is 2.27. The van der Waals surface area contributed by atoms with Crippen LogP contribution in [0.15, 0.2) is 28.7 Å². The maximum atomic E-state index is 11.9. The molecule has 2 N–H and O–H groups in total. The van der Waals surface area contributed by atoms with Gasteiger partial charge in [0.1, 0.15) is 5.54 Å². The van der Waals surface area contributed by atoms with Crippen LogP contribution < -0.4 is 5.32 Å². The zero-order valence-corrected chi connectivity index (χ0v) is 13.8. The Kier molecular flexibility index (Phi) is 4.14. The summed E-state index contributed by atoms with van der Waals surface area (Å²) in [5.41, 5.74) is 0.227. The molecule has 3 nitrogen and oxygen atoms in total. The van der Waals surface area contributed by atoms with E-state index in [2.05, 4.69) is 35.1 Å². The number of aliphatic carboxylic acids is 1. The number of carboxylic acids is 1. The number of benzene rings is 1. The van der Waals surface area contributed by atoms with Crippen molar-refractivity contribution in [2.75, 3.05) is 5.32 Å². The molecule has 0 aromatic heterocycles. The Morgan fingerprint density at radius 3 is 2.40 bits per heavy atom. The van der Waals surface area contributed by atoms with E-state index in [-0.39, 0.29) is 11.3 Å². The molecule has 0 amide bonds. The molecule has 2 unspecified atom stereocenters. The fraction of sp³-hybridized carbons (Fsp3) is 0.562. The van der Waals surface area contributed by atoms with Gasteiger partial charge in [-0.2, -0.15) is 0 Å². The number of carbonyl (C=O) groups is 1. The lowest BCUT2D eigenvalue weighted by Gasteiger charge is -2.46. The summed E-state index contributed by atoms with van der Waals surface area (Å²) in [6.45, 7) is 6.48. The maximum absolute atomic E-state index is 11.9. The summed E-state index contributed by atoms with van der Waals surface area (Å²) >= 11 is 3.40. The highest BCUT2D eigenvalue weighted by molar-refractivity contribution is 9.10. The zero-order chi connectivity index (χ0) is 15.0. The molecule has 1 aromatic rings. The fourth-order valence-electron chi connectivity index (χ4n) is 3.23. The summed E-state index contributed by atoms with van der Waals surface area (Å²) in [7, 11) is 0. The Bertz CT molecular complexity index is 498. The van der Waals surface area contributed by atoms with Gasteiger partial charge in [-0.15, -0.1) is 0 Å². The molecule has 0 bridgehead atoms. The molecule has 2 rings (SSSR count). The molecule has 1 saturated carbocycles. The summed E-state index contributed by atoms with van der Waals surface area (Å²) in [6.07, 6.45) is 2.50. The van der Waals surface area contributed by atoms with Crippen LogP contribution in [-0.2, 0) is 4.79 Å². The van der Waals surface area contributed by atoms with Gasteiger partial charge in [0.25, 0.3) is 0 Å². The van der Waals surface area contributed by atoms with Gasteiger partial charge < -0.3 is 10.4 Å². The van der Waals surface area contributed by atoms with Gasteiger partial charge in [0.05, 0.1) is 0 Å². The second-order valence-electron chi connectivity index (χ2n) is 6.68. The van der Waals surface area contributed by atoms with Crippen LogP contribution in [0.4, 0.5) is 5.69 Å². The van der Waals surface area contributed by atoms with E-state index in [0.717, 1.165) is 23.0 Å². The highest BCUT2D eigenvalue weighted by Crippen LogP contribution is 2.45. The normalized spacial score (nSPS) is 28.9. The molecule has 0 radical (unpaired) electrons. The van der Waals surface area contributed by atoms with Gasteiger partial charge in [0, 0.05) is 10.2 Å². The minimum Gasteiger partial charge on any atom is -0.479 e. The number of nitrogens with one attached hydrogen (secondary N) is 1. The summed E-state index contributed by atoms with van der Waals surface area (Å²) in [6, 6.07) is 7.69. The minimum atomic E-state index is -0.858. The highest BCUT2D eigenvalue weighted by Gasteiger charge is 2.49. The Hall–Kier alpha value is -1.03. The van der Waals surface area contributed by atoms with E-state index < -0.39 is 11.5 Å². The molecule has 110 valence electrons. The number of hydrogen-bond donors (Lipinski definition) is 2. The summed E-state index contributed by atoms with van der Waals surface area (Å²) < 4.78 is 0.991. The molecular formula is C16H22BrNO2. The van der Waals surface area contributed by atoms with Crippen molar-refractivity contribution < 1.29 is 9.90 Å². The number of anilines is 1. The predicted octanol–water partition coefficient (Wildman–Crippen LogP) is 4.53. The SMILES string of the molecule is CC1CC(C)(C)CCC1(Nc1ccc(Br)cc1)C(=O)O. The standard InChI is InChI=1S/C16H22BrNO2/c1-11-10-15(2,3)8-9-16(11,14(19)20)18-13-6-4-12(17)5-7-13/h4-7,11,18H,8-10H2,1-3H3,(H,19,20). The predicted molar refractivity (Wildman–Crippen MR) is 84.9 cm³/mol. The summed E-state index contributed by atoms with van der Waals surface area (Å²) in [5, 5.41) is 13.1. The van der Waals surface area contributed by atoms with Crippen molar-refractivity contribution in [3.8, 4) is 0 Å². The van der Waals surface area contributed by atoms with Crippen LogP contribution in [0.2, 0.25) is 0 Å². The van der Waals surface area contributed by atoms with E-state index >= 15 is 0 Å². The molecule has 0 saturated heterocycles. The highest BCUT2D eigenvalue weighted by atomic mass is 79.9. The third kappa shape index (κ3) is 3.00. The van der Waals surface area contributed by atoms with Gasteiger partial charge >= 0.3 is 5.97 Å². The second kappa shape index (κ2) is 5.40. The van der Waals surface area contributed by atoms with Crippen molar-refractivity contribution in [1.82, 2.24) is 0 Å². The molecule has 1 aliphatic rings. The monoisotopic (exact) mass is 339 g/mol. The first kappa shape index (κ1) is 15.4. The van der Waals surface area contributed by atoms with Crippen molar-refractivity contribution in [3.05, 3.63) is 28.7 Å². The van der Waals surface area contributed by atoms with Crippen LogP contribution >= 0.6 is 15.9 Å². The van der Waals surface area contributed by atoms with Gasteiger partial charge in [-0.1, -0.05) is 36.7 Å². The number of halogens is 1. The summed E-state index contributed by atoms with van der Waals surface area (Å²) in [4.78, 5) is 11.9. The molecule has 1 aromatic carbocycles. The maximum Gasteiger partial charge on any atom is 0.329 e. The van der Waals surface area contributed by atoms with Gasteiger partial charge in [0.2, 0.25) is 0 Å². The third-order valence-corrected chi connectivity index (χ3v) is 5.02. The van der Waals surface area contributed by atoms with E-state index in [1.165, 1.54) is 0 Å². The van der Waals surface area contributed by atoms with Crippen LogP contribution in [0, 0.1) is 11.3 Å². The van der Waals surface area contributed by atoms with Gasteiger partial charge in [-0.3, -0.25) is 0 Å². The summed E-state index contributed by atoms with van der Waals surface area (Å²) in [5.74, 6) is -0.657. The molecular weight excluding hydrogens is 318 g/mol. The molecule has 2 atom stereocenters. The molecule has 1 fully saturated rings.